The van der Waals surface area contributed by atoms with Gasteiger partial charge in [-0.3, -0.25) is 9.78 Å². The molecule has 0 radical (unpaired) electrons. The summed E-state index contributed by atoms with van der Waals surface area (Å²) in [6, 6.07) is 18.1. The van der Waals surface area contributed by atoms with Gasteiger partial charge in [0.15, 0.2) is 0 Å². The van der Waals surface area contributed by atoms with E-state index in [4.69, 9.17) is 0 Å². The maximum absolute atomic E-state index is 12.7. The summed E-state index contributed by atoms with van der Waals surface area (Å²) in [7, 11) is 0. The molecule has 0 atom stereocenters. The third kappa shape index (κ3) is 3.69. The number of carbonyl (C=O) groups is 1. The molecule has 0 unspecified atom stereocenters. The third-order valence-electron chi connectivity index (χ3n) is 4.90. The number of likely N-dealkylation sites (tertiary alicyclic amines) is 1. The fraction of sp³-hybridized carbons (Fsp3) is 0.273. The lowest BCUT2D eigenvalue weighted by Crippen LogP contribution is -2.35. The maximum Gasteiger partial charge on any atom is 0.253 e. The molecule has 0 bridgehead atoms. The minimum atomic E-state index is 0.140. The van der Waals surface area contributed by atoms with Crippen LogP contribution in [0.2, 0.25) is 0 Å². The van der Waals surface area contributed by atoms with Gasteiger partial charge in [-0.2, -0.15) is 0 Å². The standard InChI is InChI=1S/C22H23N3O/c26-22(25-11-4-1-5-12-25)19-8-6-9-20(14-19)23-15-17-13-18-7-2-3-10-21(18)24-16-17/h2-3,6-10,13-14,16,23H,1,4-5,11-12,15H2. The van der Waals surface area contributed by atoms with Crippen molar-refractivity contribution in [3.63, 3.8) is 0 Å². The number of piperidine rings is 1. The van der Waals surface area contributed by atoms with Crippen LogP contribution >= 0.6 is 0 Å². The number of nitrogens with zero attached hydrogens (tertiary/aromatic N) is 2. The molecule has 4 nitrogen and oxygen atoms in total. The number of rotatable bonds is 4. The number of aromatic nitrogens is 1. The summed E-state index contributed by atoms with van der Waals surface area (Å²) in [6.07, 6.45) is 5.35. The summed E-state index contributed by atoms with van der Waals surface area (Å²) in [6.45, 7) is 2.43. The lowest BCUT2D eigenvalue weighted by Gasteiger charge is -2.26. The Morgan fingerprint density at radius 1 is 1.00 bits per heavy atom. The molecule has 2 aromatic carbocycles. The number of anilines is 1. The Morgan fingerprint density at radius 2 is 1.85 bits per heavy atom. The molecule has 132 valence electrons. The minimum absolute atomic E-state index is 0.140. The van der Waals surface area contributed by atoms with Crippen molar-refractivity contribution < 1.29 is 4.79 Å². The number of para-hydroxylation sites is 1. The summed E-state index contributed by atoms with van der Waals surface area (Å²) < 4.78 is 0. The Kier molecular flexibility index (Phi) is 4.82. The molecule has 0 aliphatic carbocycles. The fourth-order valence-electron chi connectivity index (χ4n) is 3.46. The van der Waals surface area contributed by atoms with Crippen molar-refractivity contribution in [1.82, 2.24) is 9.88 Å². The first kappa shape index (κ1) is 16.6. The summed E-state index contributed by atoms with van der Waals surface area (Å²) in [5.74, 6) is 0.140. The normalized spacial score (nSPS) is 14.4. The SMILES string of the molecule is O=C(c1cccc(NCc2cnc3ccccc3c2)c1)N1CCCCC1. The van der Waals surface area contributed by atoms with E-state index >= 15 is 0 Å². The molecule has 1 fully saturated rings. The molecule has 1 aromatic heterocycles. The molecule has 26 heavy (non-hydrogen) atoms. The molecule has 1 aliphatic rings. The van der Waals surface area contributed by atoms with Crippen LogP contribution in [0.25, 0.3) is 10.9 Å². The highest BCUT2D eigenvalue weighted by molar-refractivity contribution is 5.95. The van der Waals surface area contributed by atoms with E-state index in [-0.39, 0.29) is 5.91 Å². The van der Waals surface area contributed by atoms with E-state index in [1.807, 2.05) is 53.6 Å². The van der Waals surface area contributed by atoms with Crippen LogP contribution in [0.3, 0.4) is 0 Å². The Balaban J connectivity index is 1.45. The quantitative estimate of drug-likeness (QED) is 0.759. The van der Waals surface area contributed by atoms with Gasteiger partial charge in [0.2, 0.25) is 0 Å². The van der Waals surface area contributed by atoms with Gasteiger partial charge in [-0.25, -0.2) is 0 Å². The van der Waals surface area contributed by atoms with Crippen LogP contribution in [0, 0.1) is 0 Å². The second-order valence-electron chi connectivity index (χ2n) is 6.82. The molecule has 3 aromatic rings. The third-order valence-corrected chi connectivity index (χ3v) is 4.90. The number of carbonyl (C=O) groups excluding carboxylic acids is 1. The topological polar surface area (TPSA) is 45.2 Å². The molecule has 0 saturated carbocycles. The van der Waals surface area contributed by atoms with Gasteiger partial charge in [-0.15, -0.1) is 0 Å². The summed E-state index contributed by atoms with van der Waals surface area (Å²) in [4.78, 5) is 19.1. The predicted molar refractivity (Wildman–Crippen MR) is 105 cm³/mol. The first-order valence-electron chi connectivity index (χ1n) is 9.26. The molecule has 1 N–H and O–H groups in total. The van der Waals surface area contributed by atoms with Crippen LogP contribution in [0.15, 0.2) is 60.8 Å². The van der Waals surface area contributed by atoms with Crippen LogP contribution in [-0.4, -0.2) is 28.9 Å². The van der Waals surface area contributed by atoms with E-state index in [0.717, 1.165) is 53.6 Å². The van der Waals surface area contributed by atoms with Crippen LogP contribution in [0.5, 0.6) is 0 Å². The van der Waals surface area contributed by atoms with Crippen molar-refractivity contribution in [2.24, 2.45) is 0 Å². The molecule has 4 heteroatoms. The Hall–Kier alpha value is -2.88. The van der Waals surface area contributed by atoms with Crippen LogP contribution in [0.4, 0.5) is 5.69 Å². The number of hydrogen-bond donors (Lipinski definition) is 1. The monoisotopic (exact) mass is 345 g/mol. The number of hydrogen-bond acceptors (Lipinski definition) is 3. The van der Waals surface area contributed by atoms with Gasteiger partial charge in [0.1, 0.15) is 0 Å². The van der Waals surface area contributed by atoms with Crippen molar-refractivity contribution in [3.05, 3.63) is 71.9 Å². The van der Waals surface area contributed by atoms with Gasteiger partial charge in [0.25, 0.3) is 5.91 Å². The molecular formula is C22H23N3O. The number of amides is 1. The first-order chi connectivity index (χ1) is 12.8. The number of fused-ring (bicyclic) bond motifs is 1. The average molecular weight is 345 g/mol. The van der Waals surface area contributed by atoms with Gasteiger partial charge < -0.3 is 10.2 Å². The van der Waals surface area contributed by atoms with Crippen LogP contribution < -0.4 is 5.32 Å². The van der Waals surface area contributed by atoms with Crippen molar-refractivity contribution in [3.8, 4) is 0 Å². The molecular weight excluding hydrogens is 322 g/mol. The first-order valence-corrected chi connectivity index (χ1v) is 9.26. The van der Waals surface area contributed by atoms with Gasteiger partial charge in [0.05, 0.1) is 5.52 Å². The Morgan fingerprint density at radius 3 is 2.73 bits per heavy atom. The van der Waals surface area contributed by atoms with Gasteiger partial charge >= 0.3 is 0 Å². The summed E-state index contributed by atoms with van der Waals surface area (Å²) >= 11 is 0. The molecule has 4 rings (SSSR count). The minimum Gasteiger partial charge on any atom is -0.381 e. The van der Waals surface area contributed by atoms with Crippen LogP contribution in [0.1, 0.15) is 35.2 Å². The second kappa shape index (κ2) is 7.56. The van der Waals surface area contributed by atoms with E-state index in [0.29, 0.717) is 6.54 Å². The summed E-state index contributed by atoms with van der Waals surface area (Å²) in [5, 5.41) is 4.55. The highest BCUT2D eigenvalue weighted by Crippen LogP contribution is 2.18. The average Bonchev–Trinajstić information content (AvgIpc) is 2.72. The zero-order valence-electron chi connectivity index (χ0n) is 14.8. The van der Waals surface area contributed by atoms with E-state index in [1.165, 1.54) is 6.42 Å². The van der Waals surface area contributed by atoms with E-state index in [9.17, 15) is 4.79 Å². The zero-order chi connectivity index (χ0) is 17.8. The zero-order valence-corrected chi connectivity index (χ0v) is 14.8. The highest BCUT2D eigenvalue weighted by Gasteiger charge is 2.18. The molecule has 0 spiro atoms. The molecule has 1 aliphatic heterocycles. The number of pyridine rings is 1. The lowest BCUT2D eigenvalue weighted by atomic mass is 10.1. The van der Waals surface area contributed by atoms with Gasteiger partial charge in [0, 0.05) is 42.5 Å². The Bertz CT molecular complexity index is 916. The Labute approximate surface area is 153 Å². The van der Waals surface area contributed by atoms with E-state index < -0.39 is 0 Å². The lowest BCUT2D eigenvalue weighted by molar-refractivity contribution is 0.0724. The van der Waals surface area contributed by atoms with Crippen molar-refractivity contribution in [2.45, 2.75) is 25.8 Å². The molecule has 2 heterocycles. The predicted octanol–water partition coefficient (Wildman–Crippen LogP) is 4.47. The fourth-order valence-corrected chi connectivity index (χ4v) is 3.46. The van der Waals surface area contributed by atoms with Crippen molar-refractivity contribution in [2.75, 3.05) is 18.4 Å². The van der Waals surface area contributed by atoms with Crippen molar-refractivity contribution in [1.29, 1.82) is 0 Å². The van der Waals surface area contributed by atoms with Gasteiger partial charge in [-0.05, 0) is 55.2 Å². The number of benzene rings is 2. The van der Waals surface area contributed by atoms with Crippen LogP contribution in [-0.2, 0) is 6.54 Å². The maximum atomic E-state index is 12.7. The van der Waals surface area contributed by atoms with Crippen molar-refractivity contribution >= 4 is 22.5 Å². The highest BCUT2D eigenvalue weighted by atomic mass is 16.2. The number of nitrogens with one attached hydrogen (secondary N) is 1. The molecule has 1 saturated heterocycles. The van der Waals surface area contributed by atoms with E-state index in [1.54, 1.807) is 0 Å². The van der Waals surface area contributed by atoms with E-state index in [2.05, 4.69) is 22.4 Å². The van der Waals surface area contributed by atoms with Gasteiger partial charge in [-0.1, -0.05) is 24.3 Å². The molecule has 1 amide bonds. The summed E-state index contributed by atoms with van der Waals surface area (Å²) in [5.41, 5.74) is 3.84. The smallest absolute Gasteiger partial charge is 0.253 e. The largest absolute Gasteiger partial charge is 0.381 e. The second-order valence-corrected chi connectivity index (χ2v) is 6.82.